The Hall–Kier alpha value is -3.59. The highest BCUT2D eigenvalue weighted by atomic mass is 32.1. The van der Waals surface area contributed by atoms with Gasteiger partial charge in [-0.25, -0.2) is 4.90 Å². The standard InChI is InChI=1S/C23H17F3N2O3S/c1-27(14-15-7-3-2-4-8-15)20-19(18-11-6-12-32-18)21(29)28(22(20)30)16-9-5-10-17(13-16)31-23(24,25)26/h2-13H,14H2,1H3. The molecule has 9 heteroatoms. The summed E-state index contributed by atoms with van der Waals surface area (Å²) in [6, 6.07) is 17.7. The summed E-state index contributed by atoms with van der Waals surface area (Å²) in [5.74, 6) is -1.73. The summed E-state index contributed by atoms with van der Waals surface area (Å²) in [6.07, 6.45) is -4.89. The number of rotatable bonds is 6. The first-order chi connectivity index (χ1) is 15.2. The van der Waals surface area contributed by atoms with Crippen LogP contribution in [0, 0.1) is 0 Å². The molecule has 0 spiro atoms. The van der Waals surface area contributed by atoms with Gasteiger partial charge >= 0.3 is 6.36 Å². The van der Waals surface area contributed by atoms with Crippen LogP contribution in [-0.4, -0.2) is 30.1 Å². The van der Waals surface area contributed by atoms with Crippen molar-refractivity contribution in [3.63, 3.8) is 0 Å². The van der Waals surface area contributed by atoms with E-state index < -0.39 is 23.9 Å². The molecule has 0 radical (unpaired) electrons. The highest BCUT2D eigenvalue weighted by Gasteiger charge is 2.42. The first kappa shape index (κ1) is 21.6. The Kier molecular flexibility index (Phi) is 5.75. The Labute approximate surface area is 185 Å². The van der Waals surface area contributed by atoms with Gasteiger partial charge in [-0.2, -0.15) is 0 Å². The van der Waals surface area contributed by atoms with Crippen molar-refractivity contribution in [3.05, 3.63) is 88.2 Å². The van der Waals surface area contributed by atoms with Crippen LogP contribution in [-0.2, 0) is 16.1 Å². The summed E-state index contributed by atoms with van der Waals surface area (Å²) < 4.78 is 41.9. The van der Waals surface area contributed by atoms with Gasteiger partial charge in [-0.3, -0.25) is 9.59 Å². The Balaban J connectivity index is 1.72. The van der Waals surface area contributed by atoms with Gasteiger partial charge in [-0.15, -0.1) is 24.5 Å². The second-order valence-corrected chi connectivity index (χ2v) is 7.98. The van der Waals surface area contributed by atoms with Crippen molar-refractivity contribution in [1.29, 1.82) is 0 Å². The van der Waals surface area contributed by atoms with Crippen LogP contribution in [0.25, 0.3) is 5.57 Å². The quantitative estimate of drug-likeness (QED) is 0.485. The number of nitrogens with zero attached hydrogens (tertiary/aromatic N) is 2. The van der Waals surface area contributed by atoms with Gasteiger partial charge in [0.2, 0.25) is 0 Å². The minimum atomic E-state index is -4.89. The van der Waals surface area contributed by atoms with Crippen molar-refractivity contribution < 1.29 is 27.5 Å². The number of alkyl halides is 3. The molecule has 2 heterocycles. The molecule has 2 amide bonds. The second-order valence-electron chi connectivity index (χ2n) is 7.03. The number of imide groups is 1. The Morgan fingerprint density at radius 2 is 1.72 bits per heavy atom. The minimum absolute atomic E-state index is 0.00100. The smallest absolute Gasteiger partial charge is 0.406 e. The van der Waals surface area contributed by atoms with Gasteiger partial charge in [-0.05, 0) is 29.1 Å². The maximum Gasteiger partial charge on any atom is 0.573 e. The predicted octanol–water partition coefficient (Wildman–Crippen LogP) is 5.06. The van der Waals surface area contributed by atoms with Crippen LogP contribution in [0.1, 0.15) is 10.4 Å². The van der Waals surface area contributed by atoms with E-state index in [1.165, 1.54) is 23.5 Å². The molecule has 0 fully saturated rings. The van der Waals surface area contributed by atoms with Crippen LogP contribution in [0.4, 0.5) is 18.9 Å². The number of likely N-dealkylation sites (N-methyl/N-ethyl adjacent to an activating group) is 1. The molecule has 0 aliphatic carbocycles. The number of hydrogen-bond acceptors (Lipinski definition) is 5. The number of hydrogen-bond donors (Lipinski definition) is 0. The van der Waals surface area contributed by atoms with Gasteiger partial charge in [-0.1, -0.05) is 42.5 Å². The third-order valence-corrected chi connectivity index (χ3v) is 5.67. The average Bonchev–Trinajstić information content (AvgIpc) is 3.33. The van der Waals surface area contributed by atoms with Crippen LogP contribution < -0.4 is 9.64 Å². The van der Waals surface area contributed by atoms with Crippen molar-refractivity contribution in [2.45, 2.75) is 12.9 Å². The van der Waals surface area contributed by atoms with E-state index in [9.17, 15) is 22.8 Å². The summed E-state index contributed by atoms with van der Waals surface area (Å²) in [5, 5.41) is 1.79. The zero-order valence-corrected chi connectivity index (χ0v) is 17.6. The summed E-state index contributed by atoms with van der Waals surface area (Å²) >= 11 is 1.30. The lowest BCUT2D eigenvalue weighted by Crippen LogP contribution is -2.34. The SMILES string of the molecule is CN(Cc1ccccc1)C1=C(c2cccs2)C(=O)N(c2cccc(OC(F)(F)F)c2)C1=O. The molecule has 2 aromatic carbocycles. The topological polar surface area (TPSA) is 49.9 Å². The summed E-state index contributed by atoms with van der Waals surface area (Å²) in [7, 11) is 1.70. The monoisotopic (exact) mass is 458 g/mol. The maximum atomic E-state index is 13.4. The molecule has 3 aromatic rings. The fraction of sp³-hybridized carbons (Fsp3) is 0.130. The van der Waals surface area contributed by atoms with E-state index in [0.717, 1.165) is 22.6 Å². The first-order valence-corrected chi connectivity index (χ1v) is 10.4. The normalized spacial score (nSPS) is 14.3. The lowest BCUT2D eigenvalue weighted by molar-refractivity contribution is -0.274. The molecule has 0 N–H and O–H groups in total. The Morgan fingerprint density at radius 3 is 2.38 bits per heavy atom. The van der Waals surface area contributed by atoms with Gasteiger partial charge < -0.3 is 9.64 Å². The molecule has 32 heavy (non-hydrogen) atoms. The van der Waals surface area contributed by atoms with Gasteiger partial charge in [0, 0.05) is 24.5 Å². The van der Waals surface area contributed by atoms with E-state index in [4.69, 9.17) is 0 Å². The summed E-state index contributed by atoms with van der Waals surface area (Å²) in [6.45, 7) is 0.370. The third-order valence-electron chi connectivity index (χ3n) is 4.78. The van der Waals surface area contributed by atoms with Gasteiger partial charge in [0.15, 0.2) is 0 Å². The van der Waals surface area contributed by atoms with Crippen molar-refractivity contribution in [2.24, 2.45) is 0 Å². The van der Waals surface area contributed by atoms with E-state index in [0.29, 0.717) is 11.4 Å². The molecule has 1 aliphatic heterocycles. The van der Waals surface area contributed by atoms with Crippen molar-refractivity contribution in [2.75, 3.05) is 11.9 Å². The molecule has 0 saturated heterocycles. The zero-order chi connectivity index (χ0) is 22.9. The van der Waals surface area contributed by atoms with E-state index >= 15 is 0 Å². The third kappa shape index (κ3) is 4.38. The summed E-state index contributed by atoms with van der Waals surface area (Å²) in [5.41, 5.74) is 1.33. The van der Waals surface area contributed by atoms with Gasteiger partial charge in [0.25, 0.3) is 11.8 Å². The van der Waals surface area contributed by atoms with E-state index in [1.807, 2.05) is 30.3 Å². The molecule has 0 atom stereocenters. The van der Waals surface area contributed by atoms with Gasteiger partial charge in [0.05, 0.1) is 11.3 Å². The van der Waals surface area contributed by atoms with Crippen molar-refractivity contribution in [1.82, 2.24) is 4.90 Å². The van der Waals surface area contributed by atoms with Crippen LogP contribution in [0.5, 0.6) is 5.75 Å². The fourth-order valence-electron chi connectivity index (χ4n) is 3.51. The number of thiophene rings is 1. The van der Waals surface area contributed by atoms with Crippen LogP contribution in [0.15, 0.2) is 77.8 Å². The number of amides is 2. The number of carbonyl (C=O) groups is 2. The first-order valence-electron chi connectivity index (χ1n) is 9.52. The molecular formula is C23H17F3N2O3S. The largest absolute Gasteiger partial charge is 0.573 e. The number of carbonyl (C=O) groups excluding carboxylic acids is 2. The maximum absolute atomic E-state index is 13.4. The predicted molar refractivity (Wildman–Crippen MR) is 115 cm³/mol. The average molecular weight is 458 g/mol. The van der Waals surface area contributed by atoms with Gasteiger partial charge in [0.1, 0.15) is 11.4 Å². The molecule has 1 aliphatic rings. The highest BCUT2D eigenvalue weighted by Crippen LogP contribution is 2.37. The molecule has 0 bridgehead atoms. The van der Waals surface area contributed by atoms with Crippen LogP contribution in [0.3, 0.4) is 0 Å². The number of benzene rings is 2. The molecule has 5 nitrogen and oxygen atoms in total. The Morgan fingerprint density at radius 1 is 0.969 bits per heavy atom. The highest BCUT2D eigenvalue weighted by molar-refractivity contribution is 7.11. The lowest BCUT2D eigenvalue weighted by atomic mass is 10.1. The molecule has 0 unspecified atom stereocenters. The van der Waals surface area contributed by atoms with Crippen molar-refractivity contribution in [3.8, 4) is 5.75 Å². The number of ether oxygens (including phenoxy) is 1. The fourth-order valence-corrected chi connectivity index (χ4v) is 4.27. The Bertz CT molecular complexity index is 1170. The number of anilines is 1. The van der Waals surface area contributed by atoms with E-state index in [-0.39, 0.29) is 17.0 Å². The second kappa shape index (κ2) is 8.51. The van der Waals surface area contributed by atoms with Crippen molar-refractivity contribution >= 4 is 34.4 Å². The minimum Gasteiger partial charge on any atom is -0.406 e. The molecule has 164 valence electrons. The number of halogens is 3. The zero-order valence-electron chi connectivity index (χ0n) is 16.8. The molecule has 4 rings (SSSR count). The van der Waals surface area contributed by atoms with E-state index in [1.54, 1.807) is 29.5 Å². The molecule has 1 aromatic heterocycles. The molecule has 0 saturated carbocycles. The van der Waals surface area contributed by atoms with Crippen LogP contribution >= 0.6 is 11.3 Å². The lowest BCUT2D eigenvalue weighted by Gasteiger charge is -2.22. The van der Waals surface area contributed by atoms with E-state index in [2.05, 4.69) is 4.74 Å². The molecular weight excluding hydrogens is 441 g/mol. The van der Waals surface area contributed by atoms with Crippen LogP contribution in [0.2, 0.25) is 0 Å². The summed E-state index contributed by atoms with van der Waals surface area (Å²) in [4.78, 5) is 29.9.